The Morgan fingerprint density at radius 2 is 2.22 bits per heavy atom. The van der Waals surface area contributed by atoms with E-state index in [2.05, 4.69) is 26.0 Å². The molecule has 0 aliphatic carbocycles. The SMILES string of the molecule is [CH2]CCSCCC=CC. The second-order valence-electron chi connectivity index (χ2n) is 1.82. The largest absolute Gasteiger partial charge is 0.162 e. The molecule has 0 fully saturated rings. The molecule has 0 N–H and O–H groups in total. The van der Waals surface area contributed by atoms with Crippen LogP contribution in [0.15, 0.2) is 12.2 Å². The van der Waals surface area contributed by atoms with E-state index in [1.165, 1.54) is 17.9 Å². The molecule has 0 aromatic carbocycles. The summed E-state index contributed by atoms with van der Waals surface area (Å²) in [5, 5.41) is 0. The molecule has 1 heteroatoms. The summed E-state index contributed by atoms with van der Waals surface area (Å²) in [5.74, 6) is 2.46. The van der Waals surface area contributed by atoms with E-state index in [0.29, 0.717) is 0 Å². The fourth-order valence-corrected chi connectivity index (χ4v) is 1.23. The van der Waals surface area contributed by atoms with Crippen LogP contribution in [0.2, 0.25) is 0 Å². The third-order valence-corrected chi connectivity index (χ3v) is 2.05. The lowest BCUT2D eigenvalue weighted by molar-refractivity contribution is 1.20. The molecular formula is C8H15S. The molecule has 0 saturated carbocycles. The minimum absolute atomic E-state index is 1.06. The molecule has 0 aromatic heterocycles. The van der Waals surface area contributed by atoms with Gasteiger partial charge in [-0.15, -0.1) is 0 Å². The van der Waals surface area contributed by atoms with E-state index in [1.54, 1.807) is 0 Å². The van der Waals surface area contributed by atoms with Crippen LogP contribution in [0.1, 0.15) is 19.8 Å². The van der Waals surface area contributed by atoms with Crippen LogP contribution in [0.3, 0.4) is 0 Å². The maximum absolute atomic E-state index is 3.76. The first-order chi connectivity index (χ1) is 4.41. The van der Waals surface area contributed by atoms with Crippen molar-refractivity contribution in [2.75, 3.05) is 11.5 Å². The number of thioether (sulfide) groups is 1. The molecule has 0 rings (SSSR count). The standard InChI is InChI=1S/C8H15S/c1-3-5-6-8-9-7-4-2/h3,5H,2,4,6-8H2,1H3. The van der Waals surface area contributed by atoms with Crippen molar-refractivity contribution >= 4 is 11.8 Å². The van der Waals surface area contributed by atoms with E-state index in [9.17, 15) is 0 Å². The Kier molecular flexibility index (Phi) is 8.17. The van der Waals surface area contributed by atoms with Gasteiger partial charge in [-0.3, -0.25) is 0 Å². The topological polar surface area (TPSA) is 0 Å². The summed E-state index contributed by atoms with van der Waals surface area (Å²) in [6.45, 7) is 5.83. The van der Waals surface area contributed by atoms with Crippen LogP contribution in [-0.4, -0.2) is 11.5 Å². The predicted molar refractivity (Wildman–Crippen MR) is 46.7 cm³/mol. The van der Waals surface area contributed by atoms with Crippen molar-refractivity contribution in [1.82, 2.24) is 0 Å². The van der Waals surface area contributed by atoms with Gasteiger partial charge < -0.3 is 0 Å². The lowest BCUT2D eigenvalue weighted by atomic mass is 10.4. The zero-order chi connectivity index (χ0) is 6.95. The van der Waals surface area contributed by atoms with Gasteiger partial charge in [0.1, 0.15) is 0 Å². The smallest absolute Gasteiger partial charge is 0.00329 e. The predicted octanol–water partition coefficient (Wildman–Crippen LogP) is 2.91. The van der Waals surface area contributed by atoms with Crippen LogP contribution < -0.4 is 0 Å². The molecule has 0 aliphatic rings. The highest BCUT2D eigenvalue weighted by Gasteiger charge is 1.82. The Labute approximate surface area is 62.7 Å². The molecule has 9 heavy (non-hydrogen) atoms. The quantitative estimate of drug-likeness (QED) is 0.421. The Bertz CT molecular complexity index is 67.0. The summed E-state index contributed by atoms with van der Waals surface area (Å²) in [7, 11) is 0. The van der Waals surface area contributed by atoms with Crippen LogP contribution in [0.25, 0.3) is 0 Å². The zero-order valence-electron chi connectivity index (χ0n) is 6.10. The van der Waals surface area contributed by atoms with Crippen molar-refractivity contribution < 1.29 is 0 Å². The first-order valence-electron chi connectivity index (χ1n) is 3.40. The van der Waals surface area contributed by atoms with E-state index in [1.807, 2.05) is 11.8 Å². The Morgan fingerprint density at radius 3 is 2.78 bits per heavy atom. The minimum Gasteiger partial charge on any atom is -0.162 e. The highest BCUT2D eigenvalue weighted by atomic mass is 32.2. The summed E-state index contributed by atoms with van der Waals surface area (Å²) in [5.41, 5.74) is 0. The fourth-order valence-electron chi connectivity index (χ4n) is 0.522. The Hall–Kier alpha value is 0.0900. The summed E-state index contributed by atoms with van der Waals surface area (Å²) >= 11 is 1.98. The maximum Gasteiger partial charge on any atom is -0.00329 e. The Morgan fingerprint density at radius 1 is 1.44 bits per heavy atom. The monoisotopic (exact) mass is 143 g/mol. The van der Waals surface area contributed by atoms with E-state index in [0.717, 1.165) is 6.42 Å². The second kappa shape index (κ2) is 8.09. The third-order valence-electron chi connectivity index (χ3n) is 0.953. The molecule has 1 radical (unpaired) electrons. The molecule has 53 valence electrons. The molecule has 0 nitrogen and oxygen atoms in total. The second-order valence-corrected chi connectivity index (χ2v) is 3.05. The average molecular weight is 143 g/mol. The normalized spacial score (nSPS) is 10.9. The molecular weight excluding hydrogens is 128 g/mol. The van der Waals surface area contributed by atoms with Gasteiger partial charge in [0, 0.05) is 0 Å². The lowest BCUT2D eigenvalue weighted by Crippen LogP contribution is -1.78. The van der Waals surface area contributed by atoms with Crippen LogP contribution in [0, 0.1) is 6.92 Å². The lowest BCUT2D eigenvalue weighted by Gasteiger charge is -1.92. The van der Waals surface area contributed by atoms with Gasteiger partial charge >= 0.3 is 0 Å². The highest BCUT2D eigenvalue weighted by Crippen LogP contribution is 2.03. The van der Waals surface area contributed by atoms with Crippen molar-refractivity contribution in [2.45, 2.75) is 19.8 Å². The first kappa shape index (κ1) is 9.09. The van der Waals surface area contributed by atoms with Gasteiger partial charge in [-0.25, -0.2) is 0 Å². The zero-order valence-corrected chi connectivity index (χ0v) is 6.91. The number of allylic oxidation sites excluding steroid dienone is 2. The van der Waals surface area contributed by atoms with E-state index in [4.69, 9.17) is 0 Å². The first-order valence-corrected chi connectivity index (χ1v) is 4.55. The van der Waals surface area contributed by atoms with Crippen LogP contribution >= 0.6 is 11.8 Å². The molecule has 0 spiro atoms. The van der Waals surface area contributed by atoms with Gasteiger partial charge in [0.15, 0.2) is 0 Å². The molecule has 0 amide bonds. The maximum atomic E-state index is 3.76. The van der Waals surface area contributed by atoms with Crippen molar-refractivity contribution in [3.05, 3.63) is 19.1 Å². The van der Waals surface area contributed by atoms with Crippen molar-refractivity contribution in [1.29, 1.82) is 0 Å². The minimum atomic E-state index is 1.06. The fraction of sp³-hybridized carbons (Fsp3) is 0.625. The number of hydrogen-bond donors (Lipinski definition) is 0. The van der Waals surface area contributed by atoms with Gasteiger partial charge in [0.05, 0.1) is 0 Å². The number of rotatable bonds is 5. The molecule has 0 aromatic rings. The molecule has 0 aliphatic heterocycles. The molecule has 0 unspecified atom stereocenters. The summed E-state index contributed by atoms with van der Waals surface area (Å²) < 4.78 is 0. The van der Waals surface area contributed by atoms with E-state index < -0.39 is 0 Å². The highest BCUT2D eigenvalue weighted by molar-refractivity contribution is 7.99. The van der Waals surface area contributed by atoms with Gasteiger partial charge in [0.2, 0.25) is 0 Å². The summed E-state index contributed by atoms with van der Waals surface area (Å²) in [6.07, 6.45) is 6.57. The average Bonchev–Trinajstić information content (AvgIpc) is 1.89. The van der Waals surface area contributed by atoms with Crippen molar-refractivity contribution in [3.8, 4) is 0 Å². The Balaban J connectivity index is 2.75. The van der Waals surface area contributed by atoms with Crippen molar-refractivity contribution in [3.63, 3.8) is 0 Å². The summed E-state index contributed by atoms with van der Waals surface area (Å²) in [4.78, 5) is 0. The van der Waals surface area contributed by atoms with Crippen molar-refractivity contribution in [2.24, 2.45) is 0 Å². The van der Waals surface area contributed by atoms with Gasteiger partial charge in [-0.05, 0) is 31.3 Å². The molecule has 0 bridgehead atoms. The molecule has 0 saturated heterocycles. The molecule has 0 heterocycles. The van der Waals surface area contributed by atoms with E-state index >= 15 is 0 Å². The van der Waals surface area contributed by atoms with Crippen LogP contribution in [0.4, 0.5) is 0 Å². The van der Waals surface area contributed by atoms with E-state index in [-0.39, 0.29) is 0 Å². The van der Waals surface area contributed by atoms with Gasteiger partial charge in [-0.1, -0.05) is 19.1 Å². The molecule has 0 atom stereocenters. The van der Waals surface area contributed by atoms with Crippen LogP contribution in [0.5, 0.6) is 0 Å². The van der Waals surface area contributed by atoms with Crippen LogP contribution in [-0.2, 0) is 0 Å². The summed E-state index contributed by atoms with van der Waals surface area (Å²) in [6, 6.07) is 0. The number of hydrogen-bond acceptors (Lipinski definition) is 1. The third kappa shape index (κ3) is 8.09. The van der Waals surface area contributed by atoms with Gasteiger partial charge in [0.25, 0.3) is 0 Å². The van der Waals surface area contributed by atoms with Gasteiger partial charge in [-0.2, -0.15) is 11.8 Å².